The number of piperidine rings is 2. The number of hydrogen-bond donors (Lipinski definition) is 1. The van der Waals surface area contributed by atoms with Gasteiger partial charge in [-0.1, -0.05) is 32.6 Å². The number of likely N-dealkylation sites (tertiary alicyclic amines) is 2. The van der Waals surface area contributed by atoms with Crippen LogP contribution in [0.2, 0.25) is 0 Å². The highest BCUT2D eigenvalue weighted by Crippen LogP contribution is 2.42. The lowest BCUT2D eigenvalue weighted by atomic mass is 9.72. The Kier molecular flexibility index (Phi) is 4.95. The number of carbonyl (C=O) groups excluding carboxylic acids is 1. The number of anilines is 1. The number of carbonyl (C=O) groups is 1. The van der Waals surface area contributed by atoms with E-state index in [1.54, 1.807) is 0 Å². The Morgan fingerprint density at radius 3 is 2.57 bits per heavy atom. The molecule has 4 heterocycles. The summed E-state index contributed by atoms with van der Waals surface area (Å²) in [6.07, 6.45) is 4.57. The predicted molar refractivity (Wildman–Crippen MR) is 122 cm³/mol. The molecule has 1 aromatic carbocycles. The van der Waals surface area contributed by atoms with Gasteiger partial charge in [-0.25, -0.2) is 4.79 Å². The van der Waals surface area contributed by atoms with Crippen LogP contribution in [0.25, 0.3) is 0 Å². The molecule has 5 nitrogen and oxygen atoms in total. The normalized spacial score (nSPS) is 27.4. The number of rotatable bonds is 3. The summed E-state index contributed by atoms with van der Waals surface area (Å²) in [6, 6.07) is 9.72. The number of urea groups is 1. The summed E-state index contributed by atoms with van der Waals surface area (Å²) in [5.74, 6) is 1.40. The van der Waals surface area contributed by atoms with Gasteiger partial charge in [0.05, 0.1) is 0 Å². The molecule has 0 aliphatic carbocycles. The summed E-state index contributed by atoms with van der Waals surface area (Å²) in [7, 11) is 0. The molecule has 2 unspecified atom stereocenters. The number of allylic oxidation sites excluding steroid dienone is 1. The van der Waals surface area contributed by atoms with Gasteiger partial charge >= 0.3 is 6.03 Å². The van der Waals surface area contributed by atoms with Crippen LogP contribution in [0.15, 0.2) is 36.5 Å². The van der Waals surface area contributed by atoms with E-state index in [1.807, 2.05) is 0 Å². The van der Waals surface area contributed by atoms with Crippen molar-refractivity contribution >= 4 is 11.7 Å². The first-order chi connectivity index (χ1) is 14.4. The summed E-state index contributed by atoms with van der Waals surface area (Å²) in [5.41, 5.74) is 4.20. The third-order valence-electron chi connectivity index (χ3n) is 7.55. The number of nitrogens with zero attached hydrogens (tertiary/aromatic N) is 3. The Hall–Kier alpha value is -2.17. The minimum Gasteiger partial charge on any atom is -0.384 e. The molecule has 4 saturated heterocycles. The van der Waals surface area contributed by atoms with Crippen LogP contribution in [0.5, 0.6) is 0 Å². The molecule has 0 bridgehead atoms. The zero-order valence-electron chi connectivity index (χ0n) is 18.6. The van der Waals surface area contributed by atoms with Gasteiger partial charge in [0, 0.05) is 62.1 Å². The molecule has 1 spiro atoms. The Morgan fingerprint density at radius 1 is 1.13 bits per heavy atom. The van der Waals surface area contributed by atoms with Crippen molar-refractivity contribution in [3.63, 3.8) is 0 Å². The predicted octanol–water partition coefficient (Wildman–Crippen LogP) is 3.71. The van der Waals surface area contributed by atoms with E-state index in [0.717, 1.165) is 64.2 Å². The van der Waals surface area contributed by atoms with Crippen LogP contribution in [0.3, 0.4) is 0 Å². The van der Waals surface area contributed by atoms with Gasteiger partial charge in [-0.2, -0.15) is 0 Å². The average Bonchev–Trinajstić information content (AvgIpc) is 2.65. The van der Waals surface area contributed by atoms with Crippen LogP contribution in [-0.4, -0.2) is 61.1 Å². The average molecular weight is 409 g/mol. The second kappa shape index (κ2) is 7.51. The summed E-state index contributed by atoms with van der Waals surface area (Å²) >= 11 is 0. The highest BCUT2D eigenvalue weighted by atomic mass is 16.2. The van der Waals surface area contributed by atoms with E-state index in [2.05, 4.69) is 64.7 Å². The molecule has 30 heavy (non-hydrogen) atoms. The monoisotopic (exact) mass is 408 g/mol. The first-order valence-electron chi connectivity index (χ1n) is 11.7. The number of fused-ring (bicyclic) bond motifs is 1. The summed E-state index contributed by atoms with van der Waals surface area (Å²) < 4.78 is 0. The van der Waals surface area contributed by atoms with Gasteiger partial charge in [-0.3, -0.25) is 0 Å². The van der Waals surface area contributed by atoms with Crippen molar-refractivity contribution in [3.8, 4) is 0 Å². The SMILES string of the molecule is C=C1CCC2CCN(C(=O)N3CC4(C3)CN(c3ccc(CC(C)C)cc3)C4)CC2N1. The van der Waals surface area contributed by atoms with Crippen molar-refractivity contribution in [3.05, 3.63) is 42.1 Å². The zero-order chi connectivity index (χ0) is 20.9. The quantitative estimate of drug-likeness (QED) is 0.829. The molecular weight excluding hydrogens is 372 g/mol. The van der Waals surface area contributed by atoms with Crippen molar-refractivity contribution in [2.75, 3.05) is 44.2 Å². The fraction of sp³-hybridized carbons (Fsp3) is 0.640. The van der Waals surface area contributed by atoms with Gasteiger partial charge in [0.2, 0.25) is 0 Å². The number of hydrogen-bond acceptors (Lipinski definition) is 3. The lowest BCUT2D eigenvalue weighted by molar-refractivity contribution is -0.00910. The minimum absolute atomic E-state index is 0.244. The highest BCUT2D eigenvalue weighted by molar-refractivity contribution is 5.76. The van der Waals surface area contributed by atoms with Gasteiger partial charge < -0.3 is 20.0 Å². The molecule has 0 radical (unpaired) electrons. The molecule has 2 amide bonds. The van der Waals surface area contributed by atoms with Crippen LogP contribution >= 0.6 is 0 Å². The van der Waals surface area contributed by atoms with E-state index >= 15 is 0 Å². The summed E-state index contributed by atoms with van der Waals surface area (Å²) in [5, 5.41) is 3.54. The Labute approximate surface area is 181 Å². The summed E-state index contributed by atoms with van der Waals surface area (Å²) in [4.78, 5) is 19.6. The van der Waals surface area contributed by atoms with Gasteiger partial charge in [-0.15, -0.1) is 0 Å². The topological polar surface area (TPSA) is 38.8 Å². The standard InChI is InChI=1S/C25H36N4O/c1-18(2)12-20-5-8-22(9-6-20)28-14-25(15-28)16-29(17-25)24(30)27-11-10-21-7-4-19(3)26-23(21)13-27/h5-6,8-9,18,21,23,26H,3-4,7,10-17H2,1-2H3. The molecule has 2 atom stereocenters. The zero-order valence-corrected chi connectivity index (χ0v) is 18.6. The maximum atomic E-state index is 13.0. The number of nitrogens with one attached hydrogen (secondary N) is 1. The van der Waals surface area contributed by atoms with Gasteiger partial charge in [0.15, 0.2) is 0 Å². The molecule has 1 aromatic rings. The van der Waals surface area contributed by atoms with E-state index in [0.29, 0.717) is 23.3 Å². The Morgan fingerprint density at radius 2 is 1.87 bits per heavy atom. The number of amides is 2. The van der Waals surface area contributed by atoms with Crippen molar-refractivity contribution in [1.82, 2.24) is 15.1 Å². The first kappa shape index (κ1) is 19.8. The highest BCUT2D eigenvalue weighted by Gasteiger charge is 2.54. The van der Waals surface area contributed by atoms with Gasteiger partial charge in [0.25, 0.3) is 0 Å². The molecule has 5 heteroatoms. The van der Waals surface area contributed by atoms with E-state index in [4.69, 9.17) is 0 Å². The Balaban J connectivity index is 1.10. The lowest BCUT2D eigenvalue weighted by Crippen LogP contribution is -2.74. The minimum atomic E-state index is 0.244. The first-order valence-corrected chi connectivity index (χ1v) is 11.7. The lowest BCUT2D eigenvalue weighted by Gasteiger charge is -2.61. The van der Waals surface area contributed by atoms with E-state index in [-0.39, 0.29) is 6.03 Å². The van der Waals surface area contributed by atoms with Gasteiger partial charge in [0.1, 0.15) is 0 Å². The van der Waals surface area contributed by atoms with Crippen molar-refractivity contribution < 1.29 is 4.79 Å². The molecule has 4 aliphatic rings. The van der Waals surface area contributed by atoms with Crippen LogP contribution in [-0.2, 0) is 6.42 Å². The van der Waals surface area contributed by atoms with Gasteiger partial charge in [-0.05, 0) is 55.2 Å². The molecule has 1 N–H and O–H groups in total. The maximum Gasteiger partial charge on any atom is 0.320 e. The number of benzene rings is 1. The molecular formula is C25H36N4O. The third-order valence-corrected chi connectivity index (χ3v) is 7.55. The third kappa shape index (κ3) is 3.67. The van der Waals surface area contributed by atoms with E-state index in [9.17, 15) is 4.79 Å². The second-order valence-corrected chi connectivity index (χ2v) is 10.6. The molecule has 5 rings (SSSR count). The Bertz CT molecular complexity index is 803. The van der Waals surface area contributed by atoms with Crippen LogP contribution in [0.1, 0.15) is 38.7 Å². The molecule has 0 aromatic heterocycles. The fourth-order valence-electron chi connectivity index (χ4n) is 5.94. The molecule has 4 fully saturated rings. The van der Waals surface area contributed by atoms with Crippen molar-refractivity contribution in [2.45, 2.75) is 45.6 Å². The molecule has 4 aliphatic heterocycles. The second-order valence-electron chi connectivity index (χ2n) is 10.6. The maximum absolute atomic E-state index is 13.0. The van der Waals surface area contributed by atoms with Crippen molar-refractivity contribution in [2.24, 2.45) is 17.3 Å². The van der Waals surface area contributed by atoms with Crippen LogP contribution in [0, 0.1) is 17.3 Å². The molecule has 0 saturated carbocycles. The summed E-state index contributed by atoms with van der Waals surface area (Å²) in [6.45, 7) is 14.4. The fourth-order valence-corrected chi connectivity index (χ4v) is 5.94. The van der Waals surface area contributed by atoms with E-state index < -0.39 is 0 Å². The smallest absolute Gasteiger partial charge is 0.320 e. The van der Waals surface area contributed by atoms with E-state index in [1.165, 1.54) is 17.7 Å². The largest absolute Gasteiger partial charge is 0.384 e. The van der Waals surface area contributed by atoms with Crippen LogP contribution < -0.4 is 10.2 Å². The van der Waals surface area contributed by atoms with Crippen LogP contribution in [0.4, 0.5) is 10.5 Å². The van der Waals surface area contributed by atoms with Crippen molar-refractivity contribution in [1.29, 1.82) is 0 Å². The molecule has 162 valence electrons.